The monoisotopic (exact) mass is 447 g/mol. The third-order valence-electron chi connectivity index (χ3n) is 5.58. The standard InChI is InChI=1S/C21H22FN3O5S/c1-11-14-8-15-17(9-16(14)25(31(3,28)29)10-18(26)24-11)30-20(19(15)21(27)23-2)12-4-6-13(22)7-5-12/h4-9,11,19-20H,10H2,1-3H3,(H,23,27)(H,24,26)/t11-,19?,20?/m0/s1. The van der Waals surface area contributed by atoms with Gasteiger partial charge < -0.3 is 15.4 Å². The number of ether oxygens (including phenoxy) is 1. The highest BCUT2D eigenvalue weighted by Gasteiger charge is 2.42. The molecule has 3 atom stereocenters. The molecule has 2 amide bonds. The minimum absolute atomic E-state index is 0.293. The number of hydrogen-bond acceptors (Lipinski definition) is 5. The molecule has 0 saturated heterocycles. The second kappa shape index (κ2) is 7.52. The minimum Gasteiger partial charge on any atom is -0.484 e. The molecule has 8 nitrogen and oxygen atoms in total. The summed E-state index contributed by atoms with van der Waals surface area (Å²) >= 11 is 0. The van der Waals surface area contributed by atoms with Crippen LogP contribution >= 0.6 is 0 Å². The zero-order valence-corrected chi connectivity index (χ0v) is 18.0. The number of rotatable bonds is 3. The van der Waals surface area contributed by atoms with Crippen LogP contribution in [0.25, 0.3) is 0 Å². The number of carbonyl (C=O) groups is 2. The molecular weight excluding hydrogens is 425 g/mol. The molecule has 2 N–H and O–H groups in total. The zero-order chi connectivity index (χ0) is 22.5. The first-order valence-electron chi connectivity index (χ1n) is 9.68. The van der Waals surface area contributed by atoms with E-state index in [-0.39, 0.29) is 12.5 Å². The lowest BCUT2D eigenvalue weighted by atomic mass is 9.88. The van der Waals surface area contributed by atoms with Crippen molar-refractivity contribution in [2.75, 3.05) is 24.2 Å². The van der Waals surface area contributed by atoms with Crippen LogP contribution in [-0.2, 0) is 19.6 Å². The van der Waals surface area contributed by atoms with E-state index in [1.807, 2.05) is 0 Å². The molecule has 164 valence electrons. The Kier molecular flexibility index (Phi) is 5.12. The summed E-state index contributed by atoms with van der Waals surface area (Å²) < 4.78 is 45.3. The van der Waals surface area contributed by atoms with Crippen LogP contribution in [0.5, 0.6) is 5.75 Å². The van der Waals surface area contributed by atoms with Crippen LogP contribution in [-0.4, -0.2) is 40.1 Å². The fourth-order valence-electron chi connectivity index (χ4n) is 4.10. The number of likely N-dealkylation sites (N-methyl/N-ethyl adjacent to an activating group) is 1. The highest BCUT2D eigenvalue weighted by molar-refractivity contribution is 7.92. The van der Waals surface area contributed by atoms with E-state index >= 15 is 0 Å². The molecule has 10 heteroatoms. The molecule has 31 heavy (non-hydrogen) atoms. The second-order valence-electron chi connectivity index (χ2n) is 7.69. The summed E-state index contributed by atoms with van der Waals surface area (Å²) in [4.78, 5) is 25.0. The molecule has 0 saturated carbocycles. The molecule has 4 rings (SSSR count). The first-order chi connectivity index (χ1) is 14.6. The van der Waals surface area contributed by atoms with Gasteiger partial charge in [-0.1, -0.05) is 12.1 Å². The maximum atomic E-state index is 13.4. The van der Waals surface area contributed by atoms with Crippen molar-refractivity contribution in [3.8, 4) is 5.75 Å². The van der Waals surface area contributed by atoms with Gasteiger partial charge in [0, 0.05) is 18.7 Å². The van der Waals surface area contributed by atoms with E-state index in [0.717, 1.165) is 10.6 Å². The first kappa shape index (κ1) is 21.1. The molecule has 2 unspecified atom stereocenters. The van der Waals surface area contributed by atoms with E-state index < -0.39 is 39.8 Å². The van der Waals surface area contributed by atoms with Crippen molar-refractivity contribution < 1.29 is 27.1 Å². The van der Waals surface area contributed by atoms with Crippen LogP contribution in [0.15, 0.2) is 36.4 Å². The summed E-state index contributed by atoms with van der Waals surface area (Å²) in [5.41, 5.74) is 2.07. The summed E-state index contributed by atoms with van der Waals surface area (Å²) in [5, 5.41) is 5.40. The van der Waals surface area contributed by atoms with Crippen LogP contribution in [0.4, 0.5) is 10.1 Å². The Morgan fingerprint density at radius 3 is 2.52 bits per heavy atom. The largest absolute Gasteiger partial charge is 0.484 e. The molecule has 0 radical (unpaired) electrons. The fraction of sp³-hybridized carbons (Fsp3) is 0.333. The Morgan fingerprint density at radius 2 is 1.90 bits per heavy atom. The predicted octanol–water partition coefficient (Wildman–Crippen LogP) is 1.75. The van der Waals surface area contributed by atoms with Crippen LogP contribution < -0.4 is 19.7 Å². The van der Waals surface area contributed by atoms with Crippen molar-refractivity contribution >= 4 is 27.5 Å². The summed E-state index contributed by atoms with van der Waals surface area (Å²) in [6, 6.07) is 8.48. The van der Waals surface area contributed by atoms with Crippen molar-refractivity contribution in [1.82, 2.24) is 10.6 Å². The maximum Gasteiger partial charge on any atom is 0.241 e. The van der Waals surface area contributed by atoms with E-state index in [1.165, 1.54) is 19.2 Å². The maximum absolute atomic E-state index is 13.4. The molecular formula is C21H22FN3O5S. The highest BCUT2D eigenvalue weighted by Crippen LogP contribution is 2.49. The Morgan fingerprint density at radius 1 is 1.23 bits per heavy atom. The van der Waals surface area contributed by atoms with Crippen molar-refractivity contribution in [1.29, 1.82) is 0 Å². The highest BCUT2D eigenvalue weighted by atomic mass is 32.2. The smallest absolute Gasteiger partial charge is 0.241 e. The average molecular weight is 447 g/mol. The first-order valence-corrected chi connectivity index (χ1v) is 11.5. The number of halogens is 1. The lowest BCUT2D eigenvalue weighted by Gasteiger charge is -2.22. The number of nitrogens with one attached hydrogen (secondary N) is 2. The van der Waals surface area contributed by atoms with Gasteiger partial charge in [-0.25, -0.2) is 12.8 Å². The zero-order valence-electron chi connectivity index (χ0n) is 17.2. The minimum atomic E-state index is -3.75. The summed E-state index contributed by atoms with van der Waals surface area (Å²) in [6.07, 6.45) is 0.321. The number of carbonyl (C=O) groups excluding carboxylic acids is 2. The van der Waals surface area contributed by atoms with Crippen LogP contribution in [0.1, 0.15) is 41.7 Å². The summed E-state index contributed by atoms with van der Waals surface area (Å²) in [7, 11) is -2.23. The Bertz CT molecular complexity index is 1170. The van der Waals surface area contributed by atoms with Gasteiger partial charge in [0.15, 0.2) is 0 Å². The summed E-state index contributed by atoms with van der Waals surface area (Å²) in [5.74, 6) is -1.51. The van der Waals surface area contributed by atoms with Crippen LogP contribution in [0, 0.1) is 5.82 Å². The van der Waals surface area contributed by atoms with E-state index in [0.29, 0.717) is 28.1 Å². The van der Waals surface area contributed by atoms with E-state index in [4.69, 9.17) is 4.74 Å². The number of hydrogen-bond donors (Lipinski definition) is 2. The summed E-state index contributed by atoms with van der Waals surface area (Å²) in [6.45, 7) is 1.40. The third-order valence-corrected chi connectivity index (χ3v) is 6.70. The molecule has 0 bridgehead atoms. The number of nitrogens with zero attached hydrogens (tertiary/aromatic N) is 1. The van der Waals surface area contributed by atoms with E-state index in [1.54, 1.807) is 31.2 Å². The number of benzene rings is 2. The van der Waals surface area contributed by atoms with E-state index in [9.17, 15) is 22.4 Å². The Balaban J connectivity index is 1.88. The molecule has 0 aromatic heterocycles. The van der Waals surface area contributed by atoms with Crippen molar-refractivity contribution in [2.24, 2.45) is 0 Å². The number of sulfonamides is 1. The molecule has 0 fully saturated rings. The Labute approximate surface area is 179 Å². The van der Waals surface area contributed by atoms with E-state index in [2.05, 4.69) is 10.6 Å². The predicted molar refractivity (Wildman–Crippen MR) is 112 cm³/mol. The van der Waals surface area contributed by atoms with Gasteiger partial charge in [0.1, 0.15) is 30.1 Å². The van der Waals surface area contributed by atoms with Gasteiger partial charge >= 0.3 is 0 Å². The lowest BCUT2D eigenvalue weighted by Crippen LogP contribution is -2.37. The SMILES string of the molecule is CNC(=O)C1c2cc3c(cc2OC1c1ccc(F)cc1)N(S(C)(=O)=O)CC(=O)N[C@H]3C. The van der Waals surface area contributed by atoms with Crippen LogP contribution in [0.2, 0.25) is 0 Å². The molecule has 2 aromatic carbocycles. The van der Waals surface area contributed by atoms with Gasteiger partial charge in [-0.2, -0.15) is 0 Å². The van der Waals surface area contributed by atoms with Gasteiger partial charge in [-0.3, -0.25) is 13.9 Å². The normalized spacial score (nSPS) is 22.6. The Hall–Kier alpha value is -3.14. The third kappa shape index (κ3) is 3.71. The lowest BCUT2D eigenvalue weighted by molar-refractivity contribution is -0.123. The fourth-order valence-corrected chi connectivity index (χ4v) is 4.97. The molecule has 2 aromatic rings. The molecule has 2 aliphatic heterocycles. The second-order valence-corrected chi connectivity index (χ2v) is 9.60. The molecule has 0 aliphatic carbocycles. The topological polar surface area (TPSA) is 105 Å². The molecule has 0 spiro atoms. The van der Waals surface area contributed by atoms with Gasteiger partial charge in [-0.05, 0) is 36.2 Å². The van der Waals surface area contributed by atoms with Gasteiger partial charge in [0.2, 0.25) is 21.8 Å². The van der Waals surface area contributed by atoms with Gasteiger partial charge in [0.25, 0.3) is 0 Å². The van der Waals surface area contributed by atoms with Crippen molar-refractivity contribution in [2.45, 2.75) is 25.0 Å². The molecule has 2 aliphatic rings. The van der Waals surface area contributed by atoms with Crippen molar-refractivity contribution in [3.05, 3.63) is 58.9 Å². The average Bonchev–Trinajstić information content (AvgIpc) is 3.02. The number of anilines is 1. The van der Waals surface area contributed by atoms with Gasteiger partial charge in [0.05, 0.1) is 18.0 Å². The quantitative estimate of drug-likeness (QED) is 0.746. The van der Waals surface area contributed by atoms with Gasteiger partial charge in [-0.15, -0.1) is 0 Å². The number of amides is 2. The van der Waals surface area contributed by atoms with Crippen LogP contribution in [0.3, 0.4) is 0 Å². The number of fused-ring (bicyclic) bond motifs is 2. The molecule has 2 heterocycles. The van der Waals surface area contributed by atoms with Crippen molar-refractivity contribution in [3.63, 3.8) is 0 Å².